The Morgan fingerprint density at radius 3 is 2.67 bits per heavy atom. The molecule has 0 aliphatic rings. The molecule has 1 unspecified atom stereocenters. The van der Waals surface area contributed by atoms with Gasteiger partial charge in [-0.05, 0) is 6.42 Å². The number of nitrogens with zero attached hydrogens (tertiary/aromatic N) is 2. The van der Waals surface area contributed by atoms with Crippen molar-refractivity contribution in [2.45, 2.75) is 25.1 Å². The van der Waals surface area contributed by atoms with Gasteiger partial charge < -0.3 is 17.0 Å². The zero-order valence-electron chi connectivity index (χ0n) is 7.44. The minimum Gasteiger partial charge on any atom is -1.00 e. The van der Waals surface area contributed by atoms with E-state index in [0.717, 1.165) is 6.42 Å². The summed E-state index contributed by atoms with van der Waals surface area (Å²) in [7, 11) is 2.02. The third-order valence-electron chi connectivity index (χ3n) is 1.68. The Hall–Kier alpha value is 0.0400. The molecule has 0 aliphatic carbocycles. The number of halogens is 1. The normalized spacial score (nSPS) is 12.2. The standard InChI is InChI=1S/C8H14N2S.BrH/c1-3-4-8(11)10-6-5-9(2)7-10;/h5-8H,3-4H2,1-2H3;1H. The van der Waals surface area contributed by atoms with Crippen LogP contribution in [0.4, 0.5) is 0 Å². The lowest BCUT2D eigenvalue weighted by Gasteiger charge is -2.03. The molecule has 0 saturated heterocycles. The van der Waals surface area contributed by atoms with E-state index in [9.17, 15) is 0 Å². The van der Waals surface area contributed by atoms with Crippen LogP contribution in [-0.2, 0) is 7.05 Å². The maximum atomic E-state index is 4.46. The molecule has 0 fully saturated rings. The van der Waals surface area contributed by atoms with E-state index in [1.165, 1.54) is 6.42 Å². The first kappa shape index (κ1) is 12.0. The first-order chi connectivity index (χ1) is 5.24. The molecule has 4 heteroatoms. The second kappa shape index (κ2) is 5.65. The molecule has 0 amide bonds. The van der Waals surface area contributed by atoms with Crippen LogP contribution in [-0.4, -0.2) is 4.57 Å². The number of hydrogen-bond acceptors (Lipinski definition) is 1. The summed E-state index contributed by atoms with van der Waals surface area (Å²) in [6, 6.07) is 0. The third kappa shape index (κ3) is 3.19. The van der Waals surface area contributed by atoms with Crippen LogP contribution < -0.4 is 21.5 Å². The van der Waals surface area contributed by atoms with Crippen molar-refractivity contribution in [3.05, 3.63) is 18.7 Å². The van der Waals surface area contributed by atoms with E-state index < -0.39 is 0 Å². The Balaban J connectivity index is 0.00000121. The first-order valence-corrected chi connectivity index (χ1v) is 4.46. The number of rotatable bonds is 3. The number of imidazole rings is 1. The summed E-state index contributed by atoms with van der Waals surface area (Å²) in [6.07, 6.45) is 8.42. The van der Waals surface area contributed by atoms with Crippen molar-refractivity contribution in [1.82, 2.24) is 4.57 Å². The van der Waals surface area contributed by atoms with Gasteiger partial charge in [0.1, 0.15) is 17.8 Å². The van der Waals surface area contributed by atoms with E-state index in [1.54, 1.807) is 0 Å². The number of hydrogen-bond donors (Lipinski definition) is 1. The van der Waals surface area contributed by atoms with Gasteiger partial charge in [0.05, 0.1) is 7.05 Å². The summed E-state index contributed by atoms with van der Waals surface area (Å²) in [4.78, 5) is 0. The van der Waals surface area contributed by atoms with Gasteiger partial charge in [0.2, 0.25) is 6.33 Å². The molecule has 0 radical (unpaired) electrons. The predicted octanol–water partition coefficient (Wildman–Crippen LogP) is -1.45. The highest BCUT2D eigenvalue weighted by atomic mass is 79.9. The molecule has 2 nitrogen and oxygen atoms in total. The summed E-state index contributed by atoms with van der Waals surface area (Å²) in [5.41, 5.74) is 0. The second-order valence-corrected chi connectivity index (χ2v) is 3.39. The maximum Gasteiger partial charge on any atom is 0.244 e. The molecule has 12 heavy (non-hydrogen) atoms. The molecular formula is C8H15BrN2S. The Bertz CT molecular complexity index is 225. The third-order valence-corrected chi connectivity index (χ3v) is 2.21. The summed E-state index contributed by atoms with van der Waals surface area (Å²) >= 11 is 4.46. The predicted molar refractivity (Wildman–Crippen MR) is 48.5 cm³/mol. The lowest BCUT2D eigenvalue weighted by Crippen LogP contribution is -3.00. The summed E-state index contributed by atoms with van der Waals surface area (Å²) < 4.78 is 4.14. The molecule has 1 heterocycles. The fraction of sp³-hybridized carbons (Fsp3) is 0.625. The minimum absolute atomic E-state index is 0. The van der Waals surface area contributed by atoms with Crippen LogP contribution >= 0.6 is 12.6 Å². The molecule has 1 aromatic rings. The van der Waals surface area contributed by atoms with Gasteiger partial charge in [-0.2, -0.15) is 0 Å². The van der Waals surface area contributed by atoms with Crippen LogP contribution in [0.2, 0.25) is 0 Å². The van der Waals surface area contributed by atoms with Gasteiger partial charge in [-0.1, -0.05) is 13.3 Å². The monoisotopic (exact) mass is 250 g/mol. The van der Waals surface area contributed by atoms with E-state index in [2.05, 4.69) is 24.1 Å². The van der Waals surface area contributed by atoms with Gasteiger partial charge in [-0.3, -0.25) is 0 Å². The summed E-state index contributed by atoms with van der Waals surface area (Å²) in [5, 5.41) is 0.334. The molecule has 1 aromatic heterocycles. The highest BCUT2D eigenvalue weighted by Crippen LogP contribution is 2.09. The topological polar surface area (TPSA) is 8.81 Å². The summed E-state index contributed by atoms with van der Waals surface area (Å²) in [6.45, 7) is 2.17. The average Bonchev–Trinajstić information content (AvgIpc) is 2.36. The van der Waals surface area contributed by atoms with Crippen molar-refractivity contribution in [3.8, 4) is 0 Å². The fourth-order valence-corrected chi connectivity index (χ4v) is 1.45. The van der Waals surface area contributed by atoms with E-state index >= 15 is 0 Å². The Labute approximate surface area is 89.8 Å². The van der Waals surface area contributed by atoms with Crippen molar-refractivity contribution < 1.29 is 21.5 Å². The molecule has 0 bridgehead atoms. The largest absolute Gasteiger partial charge is 1.00 e. The molecule has 70 valence electrons. The van der Waals surface area contributed by atoms with Crippen molar-refractivity contribution in [3.63, 3.8) is 0 Å². The minimum atomic E-state index is 0. The number of thiol groups is 1. The number of aromatic nitrogens is 2. The Morgan fingerprint density at radius 1 is 1.58 bits per heavy atom. The Morgan fingerprint density at radius 2 is 2.25 bits per heavy atom. The van der Waals surface area contributed by atoms with Crippen molar-refractivity contribution in [2.75, 3.05) is 0 Å². The van der Waals surface area contributed by atoms with E-state index in [1.807, 2.05) is 30.3 Å². The first-order valence-electron chi connectivity index (χ1n) is 3.95. The van der Waals surface area contributed by atoms with Gasteiger partial charge in [-0.25, -0.2) is 9.13 Å². The molecule has 1 rings (SSSR count). The number of aryl methyl sites for hydroxylation is 1. The van der Waals surface area contributed by atoms with Gasteiger partial charge >= 0.3 is 0 Å². The van der Waals surface area contributed by atoms with E-state index in [4.69, 9.17) is 0 Å². The van der Waals surface area contributed by atoms with Crippen LogP contribution in [0, 0.1) is 0 Å². The molecular weight excluding hydrogens is 236 g/mol. The molecule has 0 N–H and O–H groups in total. The van der Waals surface area contributed by atoms with Crippen LogP contribution in [0.25, 0.3) is 0 Å². The molecule has 0 aromatic carbocycles. The molecule has 0 spiro atoms. The van der Waals surface area contributed by atoms with E-state index in [-0.39, 0.29) is 17.0 Å². The van der Waals surface area contributed by atoms with Crippen LogP contribution in [0.15, 0.2) is 18.7 Å². The lowest BCUT2D eigenvalue weighted by molar-refractivity contribution is -0.699. The SMILES string of the molecule is CCCC(S)[n+]1ccn(C)c1.[Br-]. The second-order valence-electron chi connectivity index (χ2n) is 2.80. The lowest BCUT2D eigenvalue weighted by atomic mass is 10.3. The van der Waals surface area contributed by atoms with Crippen molar-refractivity contribution >= 4 is 12.6 Å². The Kier molecular flexibility index (Phi) is 5.66. The molecule has 0 aliphatic heterocycles. The van der Waals surface area contributed by atoms with E-state index in [0.29, 0.717) is 5.37 Å². The molecule has 0 saturated carbocycles. The fourth-order valence-electron chi connectivity index (χ4n) is 1.05. The van der Waals surface area contributed by atoms with Gasteiger partial charge in [0, 0.05) is 0 Å². The van der Waals surface area contributed by atoms with Crippen LogP contribution in [0.3, 0.4) is 0 Å². The molecule has 1 atom stereocenters. The van der Waals surface area contributed by atoms with Crippen LogP contribution in [0.1, 0.15) is 25.1 Å². The highest BCUT2D eigenvalue weighted by molar-refractivity contribution is 7.80. The van der Waals surface area contributed by atoms with Gasteiger partial charge in [-0.15, -0.1) is 12.6 Å². The van der Waals surface area contributed by atoms with Gasteiger partial charge in [0.25, 0.3) is 0 Å². The maximum absolute atomic E-state index is 4.46. The van der Waals surface area contributed by atoms with Gasteiger partial charge in [0.15, 0.2) is 0 Å². The highest BCUT2D eigenvalue weighted by Gasteiger charge is 2.08. The quantitative estimate of drug-likeness (QED) is 0.497. The average molecular weight is 251 g/mol. The zero-order chi connectivity index (χ0) is 8.27. The summed E-state index contributed by atoms with van der Waals surface area (Å²) in [5.74, 6) is 0. The van der Waals surface area contributed by atoms with Crippen molar-refractivity contribution in [2.24, 2.45) is 7.05 Å². The van der Waals surface area contributed by atoms with Crippen molar-refractivity contribution in [1.29, 1.82) is 0 Å². The van der Waals surface area contributed by atoms with Crippen LogP contribution in [0.5, 0.6) is 0 Å². The smallest absolute Gasteiger partial charge is 0.244 e. The zero-order valence-corrected chi connectivity index (χ0v) is 9.92.